The molecule has 0 radical (unpaired) electrons. The molecule has 2 aliphatic rings. The molecule has 186 valence electrons. The Kier molecular flexibility index (Phi) is 9.58. The monoisotopic (exact) mass is 480 g/mol. The maximum absolute atomic E-state index is 13.0. The smallest absolute Gasteiger partial charge is 0.426 e. The number of ether oxygens (including phenoxy) is 2. The van der Waals surface area contributed by atoms with Gasteiger partial charge in [0, 0.05) is 11.5 Å². The molecule has 0 aromatic heterocycles. The van der Waals surface area contributed by atoms with Crippen LogP contribution in [0.2, 0.25) is 0 Å². The van der Waals surface area contributed by atoms with E-state index in [-0.39, 0.29) is 17.8 Å². The molecule has 1 aromatic rings. The number of alkyl halides is 4. The molecule has 1 unspecified atom stereocenters. The lowest BCUT2D eigenvalue weighted by Crippen LogP contribution is -2.33. The van der Waals surface area contributed by atoms with E-state index in [1.165, 1.54) is 0 Å². The number of halogens is 4. The average Bonchev–Trinajstić information content (AvgIpc) is 2.83. The van der Waals surface area contributed by atoms with Crippen LogP contribution in [0.25, 0.3) is 0 Å². The summed E-state index contributed by atoms with van der Waals surface area (Å²) >= 11 is 0. The van der Waals surface area contributed by atoms with Crippen molar-refractivity contribution in [3.05, 3.63) is 42.5 Å². The summed E-state index contributed by atoms with van der Waals surface area (Å²) in [4.78, 5) is 12.5. The fourth-order valence-corrected chi connectivity index (χ4v) is 4.62. The summed E-state index contributed by atoms with van der Waals surface area (Å²) in [6.45, 7) is 3.76. The number of carbonyl (C=O) groups is 1. The molecular weight excluding hydrogens is 448 g/mol. The second-order valence-electron chi connectivity index (χ2n) is 9.27. The van der Waals surface area contributed by atoms with Gasteiger partial charge < -0.3 is 9.47 Å². The van der Waals surface area contributed by atoms with Gasteiger partial charge in [-0.25, -0.2) is 4.39 Å². The topological polar surface area (TPSA) is 35.5 Å². The zero-order valence-electron chi connectivity index (χ0n) is 19.3. The van der Waals surface area contributed by atoms with Crippen molar-refractivity contribution < 1.29 is 31.8 Å². The molecular formula is C27H32F4O3. The van der Waals surface area contributed by atoms with E-state index >= 15 is 0 Å². The van der Waals surface area contributed by atoms with Crippen molar-refractivity contribution in [1.29, 1.82) is 0 Å². The maximum atomic E-state index is 13.0. The van der Waals surface area contributed by atoms with Crippen molar-refractivity contribution in [2.45, 2.75) is 82.8 Å². The van der Waals surface area contributed by atoms with Gasteiger partial charge in [-0.2, -0.15) is 13.2 Å². The fraction of sp³-hybridized carbons (Fsp3) is 0.593. The normalized spacial score (nSPS) is 26.1. The van der Waals surface area contributed by atoms with Crippen LogP contribution in [0.3, 0.4) is 0 Å². The summed E-state index contributed by atoms with van der Waals surface area (Å²) in [5.74, 6) is 7.16. The van der Waals surface area contributed by atoms with Gasteiger partial charge in [-0.3, -0.25) is 4.79 Å². The van der Waals surface area contributed by atoms with Gasteiger partial charge in [-0.15, -0.1) is 6.58 Å². The molecule has 0 bridgehead atoms. The number of hydrogen-bond donors (Lipinski definition) is 0. The number of hydrogen-bond acceptors (Lipinski definition) is 3. The predicted molar refractivity (Wildman–Crippen MR) is 122 cm³/mol. The highest BCUT2D eigenvalue weighted by molar-refractivity contribution is 5.75. The SMILES string of the molecule is C=CCC[C@H]1CC[C@H](C(=O)Oc2ccc(C#C[C@H]3CC[C@H](OC(F)C(F)(F)F)CC3)cc2)CC1. The fourth-order valence-electron chi connectivity index (χ4n) is 4.62. The first-order chi connectivity index (χ1) is 16.2. The lowest BCUT2D eigenvalue weighted by Gasteiger charge is -2.27. The van der Waals surface area contributed by atoms with Crippen molar-refractivity contribution in [3.63, 3.8) is 0 Å². The molecule has 1 atom stereocenters. The minimum Gasteiger partial charge on any atom is -0.426 e. The number of benzene rings is 1. The summed E-state index contributed by atoms with van der Waals surface area (Å²) in [7, 11) is 0. The molecule has 0 N–H and O–H groups in total. The molecule has 0 amide bonds. The molecule has 3 rings (SSSR count). The molecule has 0 saturated heterocycles. The van der Waals surface area contributed by atoms with Crippen molar-refractivity contribution in [1.82, 2.24) is 0 Å². The van der Waals surface area contributed by atoms with E-state index in [2.05, 4.69) is 23.2 Å². The zero-order valence-corrected chi connectivity index (χ0v) is 19.3. The molecule has 7 heteroatoms. The standard InChI is InChI=1S/C27H32F4O3/c1-2-3-4-19-7-13-22(14-8-19)25(32)33-23-15-9-20(10-16-23)5-6-21-11-17-24(18-12-21)34-26(28)27(29,30)31/h2,9-10,15-16,19,21-22,24,26H,1,3-4,7-8,11-14,17-18H2/t19-,21-,22-,24-,26?. The van der Waals surface area contributed by atoms with Crippen molar-refractivity contribution in [3.8, 4) is 17.6 Å². The molecule has 1 aromatic carbocycles. The van der Waals surface area contributed by atoms with E-state index in [0.717, 1.165) is 44.1 Å². The third kappa shape index (κ3) is 8.16. The van der Waals surface area contributed by atoms with E-state index in [1.807, 2.05) is 6.08 Å². The Morgan fingerprint density at radius 2 is 1.71 bits per heavy atom. The lowest BCUT2D eigenvalue weighted by atomic mass is 9.80. The van der Waals surface area contributed by atoms with Crippen LogP contribution < -0.4 is 4.74 Å². The van der Waals surface area contributed by atoms with Gasteiger partial charge in [0.05, 0.1) is 12.0 Å². The molecule has 3 nitrogen and oxygen atoms in total. The largest absolute Gasteiger partial charge is 0.445 e. The van der Waals surface area contributed by atoms with E-state index in [1.54, 1.807) is 24.3 Å². The Labute approximate surface area is 198 Å². The first-order valence-corrected chi connectivity index (χ1v) is 12.0. The molecule has 2 aliphatic carbocycles. The van der Waals surface area contributed by atoms with Crippen LogP contribution in [0.15, 0.2) is 36.9 Å². The third-order valence-electron chi connectivity index (χ3n) is 6.70. The van der Waals surface area contributed by atoms with Gasteiger partial charge in [0.15, 0.2) is 0 Å². The maximum Gasteiger partial charge on any atom is 0.445 e. The predicted octanol–water partition coefficient (Wildman–Crippen LogP) is 7.15. The summed E-state index contributed by atoms with van der Waals surface area (Å²) in [6, 6.07) is 7.02. The number of rotatable bonds is 7. The summed E-state index contributed by atoms with van der Waals surface area (Å²) in [5, 5.41) is 0. The number of esters is 1. The average molecular weight is 481 g/mol. The first kappa shape index (κ1) is 26.3. The van der Waals surface area contributed by atoms with Gasteiger partial charge in [0.25, 0.3) is 6.36 Å². The minimum atomic E-state index is -4.98. The van der Waals surface area contributed by atoms with Crippen LogP contribution in [0.5, 0.6) is 5.75 Å². The Hall–Kier alpha value is -2.33. The Morgan fingerprint density at radius 1 is 1.06 bits per heavy atom. The minimum absolute atomic E-state index is 0.0305. The highest BCUT2D eigenvalue weighted by atomic mass is 19.4. The Balaban J connectivity index is 1.41. The van der Waals surface area contributed by atoms with Crippen LogP contribution in [0, 0.1) is 29.6 Å². The number of carbonyl (C=O) groups excluding carboxylic acids is 1. The number of allylic oxidation sites excluding steroid dienone is 1. The van der Waals surface area contributed by atoms with E-state index in [9.17, 15) is 22.4 Å². The molecule has 0 heterocycles. The quantitative estimate of drug-likeness (QED) is 0.137. The Morgan fingerprint density at radius 3 is 2.29 bits per heavy atom. The van der Waals surface area contributed by atoms with E-state index < -0.39 is 18.6 Å². The van der Waals surface area contributed by atoms with Crippen molar-refractivity contribution in [2.75, 3.05) is 0 Å². The van der Waals surface area contributed by atoms with Crippen LogP contribution in [-0.4, -0.2) is 24.6 Å². The summed E-state index contributed by atoms with van der Waals surface area (Å²) in [6.07, 6.45) is 0.796. The van der Waals surface area contributed by atoms with Gasteiger partial charge in [0.1, 0.15) is 5.75 Å². The van der Waals surface area contributed by atoms with Crippen LogP contribution >= 0.6 is 0 Å². The van der Waals surface area contributed by atoms with Crippen LogP contribution in [0.1, 0.15) is 69.8 Å². The highest BCUT2D eigenvalue weighted by Crippen LogP contribution is 2.33. The van der Waals surface area contributed by atoms with Crippen molar-refractivity contribution in [2.24, 2.45) is 17.8 Å². The molecule has 34 heavy (non-hydrogen) atoms. The van der Waals surface area contributed by atoms with Gasteiger partial charge >= 0.3 is 12.1 Å². The van der Waals surface area contributed by atoms with Gasteiger partial charge in [0.2, 0.25) is 0 Å². The van der Waals surface area contributed by atoms with Crippen LogP contribution in [0.4, 0.5) is 17.6 Å². The van der Waals surface area contributed by atoms with E-state index in [0.29, 0.717) is 37.4 Å². The second kappa shape index (κ2) is 12.4. The first-order valence-electron chi connectivity index (χ1n) is 12.0. The zero-order chi connectivity index (χ0) is 24.6. The second-order valence-corrected chi connectivity index (χ2v) is 9.27. The van der Waals surface area contributed by atoms with Gasteiger partial charge in [-0.05, 0) is 94.4 Å². The molecule has 2 saturated carbocycles. The highest BCUT2D eigenvalue weighted by Gasteiger charge is 2.43. The van der Waals surface area contributed by atoms with Crippen LogP contribution in [-0.2, 0) is 9.53 Å². The Bertz CT molecular complexity index is 853. The lowest BCUT2D eigenvalue weighted by molar-refractivity contribution is -0.279. The van der Waals surface area contributed by atoms with Crippen molar-refractivity contribution >= 4 is 5.97 Å². The molecule has 0 spiro atoms. The van der Waals surface area contributed by atoms with E-state index in [4.69, 9.17) is 4.74 Å². The summed E-state index contributed by atoms with van der Waals surface area (Å²) in [5.41, 5.74) is 0.766. The summed E-state index contributed by atoms with van der Waals surface area (Å²) < 4.78 is 59.9. The third-order valence-corrected chi connectivity index (χ3v) is 6.70. The molecule has 2 fully saturated rings. The molecule has 0 aliphatic heterocycles. The van der Waals surface area contributed by atoms with Gasteiger partial charge in [-0.1, -0.05) is 17.9 Å².